The number of fused-ring (bicyclic) bond motifs is 5. The molecule has 0 saturated heterocycles. The standard InChI is InChI=1S/C62H36N6/c63-35-38-11-13-43(14-12-38)50-27-29-54-52-7-1-2-8-53(52)55-30-28-51(58(50)59(54)55)44-23-19-41(20-24-44)39-15-17-40(18-16-39)42-21-25-45(26-22-42)60-66-61(56-9-3-5-46-36-64-33-31-48(46)56)68-62(67-60)57-10-4-6-47-37-65-34-32-49(47)57/h1-34,36-37H. The average molecular weight is 865 g/mol. The quantitative estimate of drug-likeness (QED) is 0.159. The predicted molar refractivity (Wildman–Crippen MR) is 275 cm³/mol. The Labute approximate surface area is 392 Å². The van der Waals surface area contributed by atoms with E-state index in [0.29, 0.717) is 23.0 Å². The zero-order valence-electron chi connectivity index (χ0n) is 36.5. The Hall–Kier alpha value is -9.44. The molecule has 12 aromatic rings. The van der Waals surface area contributed by atoms with Crippen LogP contribution in [0.15, 0.2) is 219 Å². The van der Waals surface area contributed by atoms with Gasteiger partial charge in [0, 0.05) is 52.3 Å². The number of hydrogen-bond acceptors (Lipinski definition) is 6. The van der Waals surface area contributed by atoms with Crippen LogP contribution in [0, 0.1) is 11.3 Å². The van der Waals surface area contributed by atoms with E-state index in [9.17, 15) is 5.26 Å². The molecule has 0 spiro atoms. The summed E-state index contributed by atoms with van der Waals surface area (Å²) in [5.74, 6) is 1.80. The molecule has 0 N–H and O–H groups in total. The highest BCUT2D eigenvalue weighted by Crippen LogP contribution is 2.52. The van der Waals surface area contributed by atoms with E-state index in [0.717, 1.165) is 77.2 Å². The Balaban J connectivity index is 0.821. The lowest BCUT2D eigenvalue weighted by molar-refractivity contribution is 1.08. The maximum absolute atomic E-state index is 9.52. The molecule has 314 valence electrons. The number of pyridine rings is 2. The SMILES string of the molecule is N#Cc1ccc(-c2ccc3c4c(ccc(-c5ccc(-c6ccc(-c7ccc(-c8nc(-c9cccc%10cnccc9%10)nc(-c9cccc%10cnccc9%10)n8)cc7)cc6)cc5)c24)-c2ccccc2-3)cc1. The van der Waals surface area contributed by atoms with E-state index in [1.807, 2.05) is 48.8 Å². The molecule has 0 fully saturated rings. The zero-order valence-corrected chi connectivity index (χ0v) is 36.5. The minimum atomic E-state index is 0.597. The third-order valence-corrected chi connectivity index (χ3v) is 13.4. The van der Waals surface area contributed by atoms with Crippen molar-refractivity contribution in [3.8, 4) is 107 Å². The maximum atomic E-state index is 9.52. The largest absolute Gasteiger partial charge is 0.264 e. The lowest BCUT2D eigenvalue weighted by atomic mass is 9.88. The van der Waals surface area contributed by atoms with Gasteiger partial charge in [-0.1, -0.05) is 170 Å². The third-order valence-electron chi connectivity index (χ3n) is 13.4. The van der Waals surface area contributed by atoms with Crippen LogP contribution in [0.4, 0.5) is 0 Å². The second-order valence-corrected chi connectivity index (χ2v) is 17.1. The van der Waals surface area contributed by atoms with Crippen LogP contribution in [0.25, 0.3) is 133 Å². The van der Waals surface area contributed by atoms with Gasteiger partial charge in [0.05, 0.1) is 11.6 Å². The van der Waals surface area contributed by atoms with Gasteiger partial charge in [-0.05, 0) is 113 Å². The predicted octanol–water partition coefficient (Wildman–Crippen LogP) is 15.3. The maximum Gasteiger partial charge on any atom is 0.164 e. The van der Waals surface area contributed by atoms with Crippen LogP contribution >= 0.6 is 0 Å². The van der Waals surface area contributed by atoms with Crippen molar-refractivity contribution in [2.45, 2.75) is 0 Å². The number of rotatable bonds is 7. The van der Waals surface area contributed by atoms with E-state index in [2.05, 4.69) is 174 Å². The van der Waals surface area contributed by atoms with Gasteiger partial charge in [-0.2, -0.15) is 5.26 Å². The lowest BCUT2D eigenvalue weighted by Gasteiger charge is -2.15. The normalized spacial score (nSPS) is 11.5. The molecule has 68 heavy (non-hydrogen) atoms. The van der Waals surface area contributed by atoms with Gasteiger partial charge in [0.1, 0.15) is 0 Å². The van der Waals surface area contributed by atoms with Crippen LogP contribution in [0.2, 0.25) is 0 Å². The minimum Gasteiger partial charge on any atom is -0.264 e. The molecule has 0 amide bonds. The number of hydrogen-bond donors (Lipinski definition) is 0. The second kappa shape index (κ2) is 15.9. The molecule has 6 nitrogen and oxygen atoms in total. The highest BCUT2D eigenvalue weighted by atomic mass is 15.0. The first-order valence-electron chi connectivity index (χ1n) is 22.6. The molecule has 0 bridgehead atoms. The first kappa shape index (κ1) is 39.0. The second-order valence-electron chi connectivity index (χ2n) is 17.1. The summed E-state index contributed by atoms with van der Waals surface area (Å²) < 4.78 is 0. The molecule has 1 aliphatic carbocycles. The van der Waals surface area contributed by atoms with Gasteiger partial charge in [0.25, 0.3) is 0 Å². The van der Waals surface area contributed by atoms with E-state index in [1.165, 1.54) is 38.6 Å². The minimum absolute atomic E-state index is 0.597. The van der Waals surface area contributed by atoms with Crippen molar-refractivity contribution in [1.82, 2.24) is 24.9 Å². The van der Waals surface area contributed by atoms with Crippen molar-refractivity contribution >= 4 is 32.3 Å². The fourth-order valence-electron chi connectivity index (χ4n) is 9.99. The number of nitriles is 1. The van der Waals surface area contributed by atoms with Crippen molar-refractivity contribution in [2.24, 2.45) is 0 Å². The first-order valence-corrected chi connectivity index (χ1v) is 22.6. The molecule has 9 aromatic carbocycles. The van der Waals surface area contributed by atoms with Crippen LogP contribution in [0.5, 0.6) is 0 Å². The Morgan fingerprint density at radius 3 is 1.15 bits per heavy atom. The summed E-state index contributed by atoms with van der Waals surface area (Å²) >= 11 is 0. The highest BCUT2D eigenvalue weighted by molar-refractivity contribution is 6.22. The summed E-state index contributed by atoms with van der Waals surface area (Å²) in [6, 6.07) is 70.4. The summed E-state index contributed by atoms with van der Waals surface area (Å²) in [6.45, 7) is 0. The van der Waals surface area contributed by atoms with Crippen molar-refractivity contribution in [2.75, 3.05) is 0 Å². The molecule has 0 saturated carbocycles. The van der Waals surface area contributed by atoms with Gasteiger partial charge in [-0.25, -0.2) is 15.0 Å². The van der Waals surface area contributed by atoms with Gasteiger partial charge in [-0.15, -0.1) is 0 Å². The fraction of sp³-hybridized carbons (Fsp3) is 0. The van der Waals surface area contributed by atoms with Gasteiger partial charge in [-0.3, -0.25) is 9.97 Å². The monoisotopic (exact) mass is 864 g/mol. The Bertz CT molecular complexity index is 3870. The molecule has 0 atom stereocenters. The summed E-state index contributed by atoms with van der Waals surface area (Å²) in [4.78, 5) is 24.0. The molecule has 0 aliphatic heterocycles. The number of aromatic nitrogens is 5. The Morgan fingerprint density at radius 1 is 0.294 bits per heavy atom. The van der Waals surface area contributed by atoms with Gasteiger partial charge in [0.15, 0.2) is 17.5 Å². The van der Waals surface area contributed by atoms with Crippen LogP contribution < -0.4 is 0 Å². The van der Waals surface area contributed by atoms with Crippen LogP contribution in [0.3, 0.4) is 0 Å². The van der Waals surface area contributed by atoms with E-state index < -0.39 is 0 Å². The van der Waals surface area contributed by atoms with Crippen LogP contribution in [0.1, 0.15) is 5.56 Å². The summed E-state index contributed by atoms with van der Waals surface area (Å²) in [5.41, 5.74) is 17.5. The van der Waals surface area contributed by atoms with Crippen molar-refractivity contribution in [1.29, 1.82) is 5.26 Å². The Kier molecular flexibility index (Phi) is 9.12. The topological polar surface area (TPSA) is 88.2 Å². The molecular weight excluding hydrogens is 829 g/mol. The smallest absolute Gasteiger partial charge is 0.164 e. The Morgan fingerprint density at radius 2 is 0.676 bits per heavy atom. The molecule has 0 unspecified atom stereocenters. The summed E-state index contributed by atoms with van der Waals surface area (Å²) in [6.07, 6.45) is 7.34. The zero-order chi connectivity index (χ0) is 45.1. The van der Waals surface area contributed by atoms with Gasteiger partial charge < -0.3 is 0 Å². The van der Waals surface area contributed by atoms with Gasteiger partial charge >= 0.3 is 0 Å². The van der Waals surface area contributed by atoms with Gasteiger partial charge in [0.2, 0.25) is 0 Å². The van der Waals surface area contributed by atoms with Crippen LogP contribution in [-0.2, 0) is 0 Å². The molecule has 6 heteroatoms. The fourth-order valence-corrected chi connectivity index (χ4v) is 9.99. The molecular formula is C62H36N6. The number of nitrogens with zero attached hydrogens (tertiary/aromatic N) is 6. The average Bonchev–Trinajstić information content (AvgIpc) is 3.75. The van der Waals surface area contributed by atoms with Crippen molar-refractivity contribution in [3.63, 3.8) is 0 Å². The molecule has 1 aliphatic rings. The third kappa shape index (κ3) is 6.53. The van der Waals surface area contributed by atoms with Crippen molar-refractivity contribution in [3.05, 3.63) is 224 Å². The lowest BCUT2D eigenvalue weighted by Crippen LogP contribution is -2.01. The molecule has 3 aromatic heterocycles. The molecule has 13 rings (SSSR count). The molecule has 3 heterocycles. The van der Waals surface area contributed by atoms with E-state index >= 15 is 0 Å². The summed E-state index contributed by atoms with van der Waals surface area (Å²) in [7, 11) is 0. The summed E-state index contributed by atoms with van der Waals surface area (Å²) in [5, 5.41) is 16.1. The van der Waals surface area contributed by atoms with E-state index in [1.54, 1.807) is 12.4 Å². The molecule has 0 radical (unpaired) electrons. The first-order chi connectivity index (χ1) is 33.6. The van der Waals surface area contributed by atoms with Crippen LogP contribution in [-0.4, -0.2) is 24.9 Å². The van der Waals surface area contributed by atoms with E-state index in [-0.39, 0.29) is 0 Å². The number of benzene rings is 9. The van der Waals surface area contributed by atoms with E-state index in [4.69, 9.17) is 15.0 Å². The highest BCUT2D eigenvalue weighted by Gasteiger charge is 2.25. The van der Waals surface area contributed by atoms with Crippen molar-refractivity contribution < 1.29 is 0 Å².